The molecule has 0 amide bonds. The van der Waals surface area contributed by atoms with E-state index in [4.69, 9.17) is 4.18 Å². The molecule has 108 valence electrons. The van der Waals surface area contributed by atoms with Crippen molar-refractivity contribution in [1.82, 2.24) is 0 Å². The van der Waals surface area contributed by atoms with Gasteiger partial charge in [0, 0.05) is 9.32 Å². The minimum atomic E-state index is -3.81. The monoisotopic (exact) mass is 442 g/mol. The topological polar surface area (TPSA) is 84.9 Å². The summed E-state index contributed by atoms with van der Waals surface area (Å²) in [5, 5.41) is 13.1. The number of alkyl halides is 1. The maximum absolute atomic E-state index is 12.0. The molecule has 0 aliphatic heterocycles. The first-order valence-electron chi connectivity index (χ1n) is 5.12. The molecule has 0 heterocycles. The Morgan fingerprint density at radius 1 is 1.30 bits per heavy atom. The molecule has 0 bridgehead atoms. The predicted octanol–water partition coefficient (Wildman–Crippen LogP) is -1.32. The molecule has 0 unspecified atom stereocenters. The van der Waals surface area contributed by atoms with Crippen LogP contribution in [0.4, 0.5) is 0 Å². The van der Waals surface area contributed by atoms with Crippen LogP contribution in [0.3, 0.4) is 0 Å². The zero-order chi connectivity index (χ0) is 14.5. The summed E-state index contributed by atoms with van der Waals surface area (Å²) in [6, 6.07) is 3.08. The van der Waals surface area contributed by atoms with E-state index >= 15 is 0 Å². The molecule has 0 atom stereocenters. The SMILES string of the molecule is Cc1cc(C)c(S(=O)(=O)OCCI)cc1SOO[O-].[Na+]. The number of aryl methyl sites for hydroxylation is 2. The second-order valence-electron chi connectivity index (χ2n) is 3.57. The fourth-order valence-electron chi connectivity index (χ4n) is 1.43. The van der Waals surface area contributed by atoms with Gasteiger partial charge in [-0.2, -0.15) is 12.8 Å². The van der Waals surface area contributed by atoms with E-state index in [-0.39, 0.29) is 41.1 Å². The number of hydrogen-bond acceptors (Lipinski definition) is 7. The van der Waals surface area contributed by atoms with Gasteiger partial charge >= 0.3 is 29.6 Å². The summed E-state index contributed by atoms with van der Waals surface area (Å²) in [4.78, 5) is 0.526. The van der Waals surface area contributed by atoms with Crippen LogP contribution in [0.2, 0.25) is 0 Å². The standard InChI is InChI=1S/C10H13IO6S2.Na/c1-7-5-8(2)10(6-9(7)18-17-16-12)19(13,14)15-4-3-11;/h5-6,12H,3-4H2,1-2H3;/q;+1/p-1. The van der Waals surface area contributed by atoms with Gasteiger partial charge in [-0.25, -0.2) is 0 Å². The van der Waals surface area contributed by atoms with E-state index in [1.54, 1.807) is 19.9 Å². The molecule has 0 spiro atoms. The van der Waals surface area contributed by atoms with E-state index in [0.29, 0.717) is 26.9 Å². The maximum Gasteiger partial charge on any atom is 1.00 e. The van der Waals surface area contributed by atoms with Crippen molar-refractivity contribution in [2.45, 2.75) is 23.6 Å². The third kappa shape index (κ3) is 6.07. The fourth-order valence-corrected chi connectivity index (χ4v) is 3.62. The minimum Gasteiger partial charge on any atom is -0.691 e. The molecule has 0 saturated heterocycles. The zero-order valence-corrected chi connectivity index (χ0v) is 17.0. The van der Waals surface area contributed by atoms with Crippen LogP contribution in [0, 0.1) is 13.8 Å². The molecule has 0 radical (unpaired) electrons. The summed E-state index contributed by atoms with van der Waals surface area (Å²) in [7, 11) is -3.81. The molecule has 0 aromatic heterocycles. The normalized spacial score (nSPS) is 11.2. The van der Waals surface area contributed by atoms with Crippen LogP contribution in [0.5, 0.6) is 0 Å². The average molecular weight is 442 g/mol. The third-order valence-corrected chi connectivity index (χ3v) is 4.85. The van der Waals surface area contributed by atoms with E-state index < -0.39 is 10.1 Å². The van der Waals surface area contributed by atoms with Crippen LogP contribution >= 0.6 is 34.6 Å². The van der Waals surface area contributed by atoms with Crippen molar-refractivity contribution in [2.24, 2.45) is 0 Å². The van der Waals surface area contributed by atoms with Crippen molar-refractivity contribution in [3.8, 4) is 0 Å². The van der Waals surface area contributed by atoms with Crippen LogP contribution in [0.25, 0.3) is 0 Å². The third-order valence-electron chi connectivity index (χ3n) is 2.21. The van der Waals surface area contributed by atoms with Crippen molar-refractivity contribution >= 4 is 44.8 Å². The van der Waals surface area contributed by atoms with Crippen LogP contribution in [0.15, 0.2) is 21.9 Å². The second-order valence-corrected chi connectivity index (χ2v) is 6.97. The number of hydrogen-bond donors (Lipinski definition) is 0. The summed E-state index contributed by atoms with van der Waals surface area (Å²) in [5.41, 5.74) is 1.34. The summed E-state index contributed by atoms with van der Waals surface area (Å²) >= 11 is 2.67. The van der Waals surface area contributed by atoms with Crippen molar-refractivity contribution in [3.63, 3.8) is 0 Å². The van der Waals surface area contributed by atoms with E-state index in [9.17, 15) is 13.7 Å². The van der Waals surface area contributed by atoms with Crippen molar-refractivity contribution < 1.29 is 56.8 Å². The van der Waals surface area contributed by atoms with Gasteiger partial charge in [-0.15, -0.1) is 0 Å². The summed E-state index contributed by atoms with van der Waals surface area (Å²) < 4.78 is 33.6. The number of rotatable bonds is 7. The predicted molar refractivity (Wildman–Crippen MR) is 76.0 cm³/mol. The number of halogens is 1. The van der Waals surface area contributed by atoms with Crippen LogP contribution in [-0.4, -0.2) is 19.5 Å². The molecule has 0 fully saturated rings. The number of benzene rings is 1. The summed E-state index contributed by atoms with van der Waals surface area (Å²) in [6.07, 6.45) is 0. The van der Waals surface area contributed by atoms with Crippen molar-refractivity contribution in [1.29, 1.82) is 0 Å². The Bertz CT molecular complexity index is 537. The van der Waals surface area contributed by atoms with Gasteiger partial charge in [0.2, 0.25) is 0 Å². The first kappa shape index (κ1) is 21.1. The summed E-state index contributed by atoms with van der Waals surface area (Å²) in [5.74, 6) is 0. The zero-order valence-electron chi connectivity index (χ0n) is 11.2. The molecule has 6 nitrogen and oxygen atoms in total. The minimum absolute atomic E-state index is 0. The Kier molecular flexibility index (Phi) is 10.5. The van der Waals surface area contributed by atoms with Gasteiger partial charge in [-0.05, 0) is 31.0 Å². The van der Waals surface area contributed by atoms with Gasteiger partial charge in [0.15, 0.2) is 0 Å². The van der Waals surface area contributed by atoms with Gasteiger partial charge in [0.1, 0.15) is 0 Å². The average Bonchev–Trinajstić information content (AvgIpc) is 2.35. The van der Waals surface area contributed by atoms with Crippen LogP contribution < -0.4 is 34.8 Å². The van der Waals surface area contributed by atoms with Gasteiger partial charge in [-0.3, -0.25) is 9.22 Å². The molecule has 1 aromatic rings. The maximum atomic E-state index is 12.0. The smallest absolute Gasteiger partial charge is 0.691 e. The van der Waals surface area contributed by atoms with Crippen LogP contribution in [0.1, 0.15) is 11.1 Å². The van der Waals surface area contributed by atoms with Crippen molar-refractivity contribution in [2.75, 3.05) is 11.0 Å². The van der Waals surface area contributed by atoms with E-state index in [0.717, 1.165) is 5.56 Å². The Morgan fingerprint density at radius 2 is 1.95 bits per heavy atom. The first-order valence-corrected chi connectivity index (χ1v) is 8.79. The Hall–Kier alpha value is 1.09. The first-order chi connectivity index (χ1) is 8.92. The molecule has 1 aromatic carbocycles. The largest absolute Gasteiger partial charge is 1.00 e. The Morgan fingerprint density at radius 3 is 2.50 bits per heavy atom. The molecular formula is C10H12INaO6S2. The second kappa shape index (κ2) is 9.98. The van der Waals surface area contributed by atoms with Gasteiger partial charge < -0.3 is 5.26 Å². The Balaban J connectivity index is 0.00000361. The molecule has 1 rings (SSSR count). The Labute approximate surface area is 158 Å². The molecule has 0 aliphatic rings. The fraction of sp³-hybridized carbons (Fsp3) is 0.400. The molecule has 0 saturated carbocycles. The molecule has 0 aliphatic carbocycles. The summed E-state index contributed by atoms with van der Waals surface area (Å²) in [6.45, 7) is 3.55. The van der Waals surface area contributed by atoms with Crippen LogP contribution in [-0.2, 0) is 23.7 Å². The molecule has 10 heteroatoms. The van der Waals surface area contributed by atoms with Gasteiger partial charge in [0.25, 0.3) is 10.1 Å². The van der Waals surface area contributed by atoms with E-state index in [1.165, 1.54) is 6.07 Å². The molecule has 20 heavy (non-hydrogen) atoms. The van der Waals surface area contributed by atoms with E-state index in [1.807, 2.05) is 22.6 Å². The quantitative estimate of drug-likeness (QED) is 0.0986. The molecule has 0 N–H and O–H groups in total. The van der Waals surface area contributed by atoms with Crippen molar-refractivity contribution in [3.05, 3.63) is 23.3 Å². The van der Waals surface area contributed by atoms with Gasteiger partial charge in [0.05, 0.1) is 23.5 Å². The van der Waals surface area contributed by atoms with Gasteiger partial charge in [-0.1, -0.05) is 28.7 Å². The van der Waals surface area contributed by atoms with E-state index in [2.05, 4.69) is 9.37 Å². The molecular weight excluding hydrogens is 430 g/mol.